The third kappa shape index (κ3) is 2.41. The number of hydrogen-bond donors (Lipinski definition) is 1. The molecular weight excluding hydrogens is 180 g/mol. The van der Waals surface area contributed by atoms with Gasteiger partial charge in [0.05, 0.1) is 7.11 Å². The highest BCUT2D eigenvalue weighted by atomic mass is 32.1. The first-order valence-electron chi connectivity index (χ1n) is 4.47. The Bertz CT molecular complexity index is 264. The molecule has 0 aliphatic rings. The molecule has 0 aliphatic carbocycles. The van der Waals surface area contributed by atoms with Crippen molar-refractivity contribution in [2.24, 2.45) is 0 Å². The van der Waals surface area contributed by atoms with Gasteiger partial charge in [-0.3, -0.25) is 0 Å². The lowest BCUT2D eigenvalue weighted by Crippen LogP contribution is -2.11. The lowest BCUT2D eigenvalue weighted by atomic mass is 9.97. The highest BCUT2D eigenvalue weighted by Gasteiger charge is 2.18. The van der Waals surface area contributed by atoms with Crippen LogP contribution < -0.4 is 4.74 Å². The zero-order chi connectivity index (χ0) is 9.90. The molecule has 1 nitrogen and oxygen atoms in total. The van der Waals surface area contributed by atoms with Crippen molar-refractivity contribution in [2.75, 3.05) is 7.11 Å². The van der Waals surface area contributed by atoms with Gasteiger partial charge < -0.3 is 4.74 Å². The number of methoxy groups -OCH3 is 1. The second-order valence-corrected chi connectivity index (χ2v) is 4.34. The summed E-state index contributed by atoms with van der Waals surface area (Å²) >= 11 is 4.60. The van der Waals surface area contributed by atoms with Crippen molar-refractivity contribution in [3.63, 3.8) is 0 Å². The van der Waals surface area contributed by atoms with E-state index >= 15 is 0 Å². The van der Waals surface area contributed by atoms with Crippen molar-refractivity contribution in [1.29, 1.82) is 0 Å². The average Bonchev–Trinajstić information content (AvgIpc) is 2.18. The Balaban J connectivity index is 2.92. The number of hydrogen-bond acceptors (Lipinski definition) is 2. The van der Waals surface area contributed by atoms with Gasteiger partial charge in [-0.2, -0.15) is 12.6 Å². The minimum atomic E-state index is -0.0354. The molecule has 13 heavy (non-hydrogen) atoms. The van der Waals surface area contributed by atoms with Gasteiger partial charge in [0.25, 0.3) is 0 Å². The van der Waals surface area contributed by atoms with Crippen LogP contribution >= 0.6 is 12.6 Å². The largest absolute Gasteiger partial charge is 0.497 e. The van der Waals surface area contributed by atoms with E-state index in [1.54, 1.807) is 7.11 Å². The Morgan fingerprint density at radius 1 is 1.31 bits per heavy atom. The van der Waals surface area contributed by atoms with Gasteiger partial charge in [-0.05, 0) is 31.0 Å². The first kappa shape index (κ1) is 10.5. The second-order valence-electron chi connectivity index (χ2n) is 3.36. The van der Waals surface area contributed by atoms with E-state index in [4.69, 9.17) is 4.74 Å². The molecule has 0 spiro atoms. The molecule has 1 unspecified atom stereocenters. The molecule has 0 N–H and O–H groups in total. The van der Waals surface area contributed by atoms with Gasteiger partial charge in [0.2, 0.25) is 0 Å². The number of rotatable bonds is 3. The highest BCUT2D eigenvalue weighted by Crippen LogP contribution is 2.32. The Kier molecular flexibility index (Phi) is 3.26. The number of benzene rings is 1. The van der Waals surface area contributed by atoms with Crippen LogP contribution in [0.15, 0.2) is 24.3 Å². The van der Waals surface area contributed by atoms with Crippen molar-refractivity contribution in [3.8, 4) is 5.75 Å². The SMILES string of the molecule is CCC(C)(S)c1ccc(OC)cc1. The van der Waals surface area contributed by atoms with Crippen LogP contribution in [0, 0.1) is 0 Å². The zero-order valence-electron chi connectivity index (χ0n) is 8.37. The molecule has 0 heterocycles. The van der Waals surface area contributed by atoms with Crippen molar-refractivity contribution >= 4 is 12.6 Å². The van der Waals surface area contributed by atoms with Crippen LogP contribution in [0.3, 0.4) is 0 Å². The van der Waals surface area contributed by atoms with E-state index in [1.807, 2.05) is 12.1 Å². The lowest BCUT2D eigenvalue weighted by molar-refractivity contribution is 0.414. The summed E-state index contributed by atoms with van der Waals surface area (Å²) in [6.45, 7) is 4.26. The minimum absolute atomic E-state index is 0.0354. The first-order chi connectivity index (χ1) is 6.10. The Morgan fingerprint density at radius 3 is 2.23 bits per heavy atom. The van der Waals surface area contributed by atoms with E-state index in [0.29, 0.717) is 0 Å². The van der Waals surface area contributed by atoms with E-state index in [2.05, 4.69) is 38.6 Å². The van der Waals surface area contributed by atoms with Crippen molar-refractivity contribution in [1.82, 2.24) is 0 Å². The van der Waals surface area contributed by atoms with Crippen molar-refractivity contribution in [2.45, 2.75) is 25.0 Å². The van der Waals surface area contributed by atoms with Crippen LogP contribution in [0.1, 0.15) is 25.8 Å². The van der Waals surface area contributed by atoms with Gasteiger partial charge in [0, 0.05) is 4.75 Å². The number of ether oxygens (including phenoxy) is 1. The lowest BCUT2D eigenvalue weighted by Gasteiger charge is -2.22. The van der Waals surface area contributed by atoms with Crippen LogP contribution in [0.5, 0.6) is 5.75 Å². The molecule has 0 aliphatic heterocycles. The van der Waals surface area contributed by atoms with Gasteiger partial charge in [-0.25, -0.2) is 0 Å². The molecule has 0 aromatic heterocycles. The molecule has 2 heteroatoms. The summed E-state index contributed by atoms with van der Waals surface area (Å²) in [7, 11) is 1.68. The van der Waals surface area contributed by atoms with Gasteiger partial charge in [-0.15, -0.1) is 0 Å². The monoisotopic (exact) mass is 196 g/mol. The minimum Gasteiger partial charge on any atom is -0.497 e. The summed E-state index contributed by atoms with van der Waals surface area (Å²) < 4.78 is 5.06. The molecule has 0 amide bonds. The van der Waals surface area contributed by atoms with Gasteiger partial charge in [0.1, 0.15) is 5.75 Å². The number of thiol groups is 1. The maximum atomic E-state index is 5.09. The molecule has 0 fully saturated rings. The Labute approximate surface area is 85.5 Å². The van der Waals surface area contributed by atoms with Crippen molar-refractivity contribution in [3.05, 3.63) is 29.8 Å². The fourth-order valence-electron chi connectivity index (χ4n) is 1.15. The quantitative estimate of drug-likeness (QED) is 0.730. The normalized spacial score (nSPS) is 15.1. The van der Waals surface area contributed by atoms with Crippen LogP contribution in [0.25, 0.3) is 0 Å². The highest BCUT2D eigenvalue weighted by molar-refractivity contribution is 7.81. The van der Waals surface area contributed by atoms with Crippen LogP contribution in [0.4, 0.5) is 0 Å². The third-order valence-corrected chi connectivity index (χ3v) is 2.97. The predicted octanol–water partition coefficient (Wildman–Crippen LogP) is 3.25. The molecule has 72 valence electrons. The summed E-state index contributed by atoms with van der Waals surface area (Å²) in [5.41, 5.74) is 1.24. The average molecular weight is 196 g/mol. The van der Waals surface area contributed by atoms with Gasteiger partial charge >= 0.3 is 0 Å². The van der Waals surface area contributed by atoms with E-state index in [-0.39, 0.29) is 4.75 Å². The fraction of sp³-hybridized carbons (Fsp3) is 0.455. The van der Waals surface area contributed by atoms with Crippen LogP contribution in [-0.2, 0) is 4.75 Å². The van der Waals surface area contributed by atoms with Gasteiger partial charge in [-0.1, -0.05) is 19.1 Å². The summed E-state index contributed by atoms with van der Waals surface area (Å²) in [6.07, 6.45) is 1.02. The summed E-state index contributed by atoms with van der Waals surface area (Å²) in [6, 6.07) is 8.07. The third-order valence-electron chi connectivity index (χ3n) is 2.40. The van der Waals surface area contributed by atoms with E-state index < -0.39 is 0 Å². The van der Waals surface area contributed by atoms with Crippen LogP contribution in [0.2, 0.25) is 0 Å². The van der Waals surface area contributed by atoms with E-state index in [0.717, 1.165) is 12.2 Å². The Hall–Kier alpha value is -0.630. The Morgan fingerprint density at radius 2 is 1.85 bits per heavy atom. The standard InChI is InChI=1S/C11H16OS/c1-4-11(2,13)9-5-7-10(12-3)8-6-9/h5-8,13H,4H2,1-3H3. The molecule has 1 rings (SSSR count). The molecule has 1 atom stereocenters. The fourth-order valence-corrected chi connectivity index (χ4v) is 1.30. The molecule has 1 aromatic rings. The summed E-state index contributed by atoms with van der Waals surface area (Å²) in [4.78, 5) is 0. The first-order valence-corrected chi connectivity index (χ1v) is 4.92. The summed E-state index contributed by atoms with van der Waals surface area (Å²) in [5, 5.41) is 0. The smallest absolute Gasteiger partial charge is 0.118 e. The van der Waals surface area contributed by atoms with Gasteiger partial charge in [0.15, 0.2) is 0 Å². The van der Waals surface area contributed by atoms with Crippen LogP contribution in [-0.4, -0.2) is 7.11 Å². The molecule has 0 saturated carbocycles. The second kappa shape index (κ2) is 4.05. The zero-order valence-corrected chi connectivity index (χ0v) is 9.27. The molecule has 0 bridgehead atoms. The topological polar surface area (TPSA) is 9.23 Å². The maximum absolute atomic E-state index is 5.09. The predicted molar refractivity (Wildman–Crippen MR) is 59.6 cm³/mol. The van der Waals surface area contributed by atoms with Crippen molar-refractivity contribution < 1.29 is 4.74 Å². The van der Waals surface area contributed by atoms with E-state index in [9.17, 15) is 0 Å². The molecule has 0 saturated heterocycles. The van der Waals surface area contributed by atoms with E-state index in [1.165, 1.54) is 5.56 Å². The molecule has 0 radical (unpaired) electrons. The molecular formula is C11H16OS. The molecule has 1 aromatic carbocycles. The maximum Gasteiger partial charge on any atom is 0.118 e. The summed E-state index contributed by atoms with van der Waals surface area (Å²) in [5.74, 6) is 0.893.